The fourth-order valence-corrected chi connectivity index (χ4v) is 3.28. The van der Waals surface area contributed by atoms with Gasteiger partial charge in [-0.3, -0.25) is 0 Å². The van der Waals surface area contributed by atoms with Crippen molar-refractivity contribution in [3.63, 3.8) is 0 Å². The van der Waals surface area contributed by atoms with Gasteiger partial charge in [-0.15, -0.1) is 21.5 Å². The van der Waals surface area contributed by atoms with E-state index >= 15 is 0 Å². The number of nitrogens with zero attached hydrogens (tertiary/aromatic N) is 4. The van der Waals surface area contributed by atoms with Gasteiger partial charge in [-0.25, -0.2) is 14.1 Å². The maximum absolute atomic E-state index is 12.8. The lowest BCUT2D eigenvalue weighted by Crippen LogP contribution is -2.15. The Labute approximate surface area is 140 Å². The van der Waals surface area contributed by atoms with Crippen LogP contribution in [0.4, 0.5) is 4.39 Å². The second-order valence-corrected chi connectivity index (χ2v) is 6.66. The first-order valence-electron chi connectivity index (χ1n) is 6.73. The number of hydrogen-bond acceptors (Lipinski definition) is 7. The largest absolute Gasteiger partial charge is 0.486 e. The maximum Gasteiger partial charge on any atom is 0.210 e. The van der Waals surface area contributed by atoms with E-state index in [0.29, 0.717) is 22.5 Å². The molecule has 0 spiro atoms. The Hall–Kier alpha value is -2.13. The van der Waals surface area contributed by atoms with Gasteiger partial charge in [0.25, 0.3) is 0 Å². The summed E-state index contributed by atoms with van der Waals surface area (Å²) >= 11 is 3.07. The summed E-state index contributed by atoms with van der Waals surface area (Å²) in [6, 6.07) is 5.76. The first kappa shape index (κ1) is 15.8. The highest BCUT2D eigenvalue weighted by Crippen LogP contribution is 2.22. The van der Waals surface area contributed by atoms with Gasteiger partial charge in [-0.2, -0.15) is 0 Å². The minimum Gasteiger partial charge on any atom is -0.486 e. The van der Waals surface area contributed by atoms with Gasteiger partial charge in [-0.05, 0) is 31.2 Å². The van der Waals surface area contributed by atoms with Crippen molar-refractivity contribution in [2.24, 2.45) is 0 Å². The number of thioether (sulfide) groups is 1. The van der Waals surface area contributed by atoms with Crippen LogP contribution in [0, 0.1) is 12.7 Å². The van der Waals surface area contributed by atoms with Gasteiger partial charge in [-0.1, -0.05) is 11.8 Å². The molecule has 2 N–H and O–H groups in total. The SMILES string of the molecule is Cc1nc(CSc2nnc(COc3ccc(F)cc3)n2N)cs1. The summed E-state index contributed by atoms with van der Waals surface area (Å²) in [6.07, 6.45) is 0. The Morgan fingerprint density at radius 1 is 1.30 bits per heavy atom. The molecule has 1 aromatic carbocycles. The molecule has 2 aromatic heterocycles. The molecule has 0 unspecified atom stereocenters. The molecular weight excluding hydrogens is 337 g/mol. The van der Waals surface area contributed by atoms with E-state index in [2.05, 4.69) is 15.2 Å². The average molecular weight is 351 g/mol. The predicted molar refractivity (Wildman–Crippen MR) is 87.3 cm³/mol. The van der Waals surface area contributed by atoms with E-state index in [4.69, 9.17) is 10.6 Å². The number of hydrogen-bond donors (Lipinski definition) is 1. The van der Waals surface area contributed by atoms with E-state index in [0.717, 1.165) is 10.7 Å². The Bertz CT molecular complexity index is 787. The van der Waals surface area contributed by atoms with Crippen LogP contribution in [0.3, 0.4) is 0 Å². The fourth-order valence-electron chi connectivity index (χ4n) is 1.80. The zero-order chi connectivity index (χ0) is 16.2. The molecule has 23 heavy (non-hydrogen) atoms. The zero-order valence-corrected chi connectivity index (χ0v) is 13.9. The normalized spacial score (nSPS) is 10.9. The van der Waals surface area contributed by atoms with E-state index in [1.165, 1.54) is 28.6 Å². The molecule has 0 saturated heterocycles. The van der Waals surface area contributed by atoms with Gasteiger partial charge >= 0.3 is 0 Å². The van der Waals surface area contributed by atoms with E-state index in [1.54, 1.807) is 23.5 Å². The van der Waals surface area contributed by atoms with Crippen molar-refractivity contribution in [3.05, 3.63) is 52.0 Å². The van der Waals surface area contributed by atoms with Crippen molar-refractivity contribution in [2.75, 3.05) is 5.84 Å². The topological polar surface area (TPSA) is 78.9 Å². The molecular formula is C14H14FN5OS2. The Balaban J connectivity index is 1.59. The molecule has 0 saturated carbocycles. The summed E-state index contributed by atoms with van der Waals surface area (Å²) in [5.74, 6) is 7.38. The third-order valence-corrected chi connectivity index (χ3v) is 4.73. The Morgan fingerprint density at radius 2 is 2.09 bits per heavy atom. The Kier molecular flexibility index (Phi) is 4.77. The van der Waals surface area contributed by atoms with E-state index in [-0.39, 0.29) is 12.4 Å². The molecule has 0 aliphatic rings. The van der Waals surface area contributed by atoms with Crippen molar-refractivity contribution in [1.82, 2.24) is 19.9 Å². The minimum absolute atomic E-state index is 0.158. The average Bonchev–Trinajstić information content (AvgIpc) is 3.11. The Morgan fingerprint density at radius 3 is 2.78 bits per heavy atom. The fraction of sp³-hybridized carbons (Fsp3) is 0.214. The van der Waals surface area contributed by atoms with Crippen molar-refractivity contribution in [2.45, 2.75) is 24.4 Å². The van der Waals surface area contributed by atoms with Crippen LogP contribution in [-0.4, -0.2) is 19.9 Å². The molecule has 120 valence electrons. The zero-order valence-electron chi connectivity index (χ0n) is 12.3. The monoisotopic (exact) mass is 351 g/mol. The third-order valence-electron chi connectivity index (χ3n) is 2.93. The summed E-state index contributed by atoms with van der Waals surface area (Å²) in [5, 5.41) is 11.7. The molecule has 0 fully saturated rings. The standard InChI is InChI=1S/C14H14FN5OS2/c1-9-17-11(7-22-9)8-23-14-19-18-13(20(14)16)6-21-12-4-2-10(15)3-5-12/h2-5,7H,6,8,16H2,1H3. The van der Waals surface area contributed by atoms with Crippen LogP contribution < -0.4 is 10.6 Å². The van der Waals surface area contributed by atoms with Gasteiger partial charge in [0.2, 0.25) is 5.16 Å². The first-order valence-corrected chi connectivity index (χ1v) is 8.60. The number of rotatable bonds is 6. The van der Waals surface area contributed by atoms with Gasteiger partial charge < -0.3 is 10.6 Å². The van der Waals surface area contributed by atoms with Crippen LogP contribution in [0.2, 0.25) is 0 Å². The smallest absolute Gasteiger partial charge is 0.210 e. The van der Waals surface area contributed by atoms with Crippen LogP contribution in [-0.2, 0) is 12.4 Å². The lowest BCUT2D eigenvalue weighted by Gasteiger charge is -2.06. The number of aromatic nitrogens is 4. The van der Waals surface area contributed by atoms with Crippen molar-refractivity contribution in [3.8, 4) is 5.75 Å². The second kappa shape index (κ2) is 6.97. The van der Waals surface area contributed by atoms with Crippen LogP contribution in [0.5, 0.6) is 5.75 Å². The summed E-state index contributed by atoms with van der Waals surface area (Å²) < 4.78 is 19.7. The molecule has 0 aliphatic heterocycles. The molecule has 0 bridgehead atoms. The molecule has 9 heteroatoms. The molecule has 0 radical (unpaired) electrons. The quantitative estimate of drug-likeness (QED) is 0.543. The summed E-state index contributed by atoms with van der Waals surface area (Å²) in [6.45, 7) is 2.13. The summed E-state index contributed by atoms with van der Waals surface area (Å²) in [5.41, 5.74) is 0.990. The van der Waals surface area contributed by atoms with Crippen LogP contribution >= 0.6 is 23.1 Å². The van der Waals surface area contributed by atoms with Crippen LogP contribution in [0.25, 0.3) is 0 Å². The van der Waals surface area contributed by atoms with Crippen LogP contribution in [0.1, 0.15) is 16.5 Å². The number of nitrogen functional groups attached to an aromatic ring is 1. The van der Waals surface area contributed by atoms with Gasteiger partial charge in [0.05, 0.1) is 10.7 Å². The van der Waals surface area contributed by atoms with Crippen LogP contribution in [0.15, 0.2) is 34.8 Å². The molecule has 0 atom stereocenters. The number of aryl methyl sites for hydroxylation is 1. The predicted octanol–water partition coefficient (Wildman–Crippen LogP) is 2.77. The highest BCUT2D eigenvalue weighted by molar-refractivity contribution is 7.98. The summed E-state index contributed by atoms with van der Waals surface area (Å²) in [7, 11) is 0. The summed E-state index contributed by atoms with van der Waals surface area (Å²) in [4.78, 5) is 4.39. The molecule has 2 heterocycles. The van der Waals surface area contributed by atoms with Gasteiger partial charge in [0.15, 0.2) is 5.82 Å². The van der Waals surface area contributed by atoms with Gasteiger partial charge in [0, 0.05) is 11.1 Å². The number of ether oxygens (including phenoxy) is 1. The number of benzene rings is 1. The van der Waals surface area contributed by atoms with E-state index in [9.17, 15) is 4.39 Å². The maximum atomic E-state index is 12.8. The minimum atomic E-state index is -0.310. The van der Waals surface area contributed by atoms with E-state index in [1.807, 2.05) is 12.3 Å². The molecule has 0 aliphatic carbocycles. The third kappa shape index (κ3) is 3.99. The first-order chi connectivity index (χ1) is 11.1. The second-order valence-electron chi connectivity index (χ2n) is 4.66. The number of nitrogens with two attached hydrogens (primary N) is 1. The van der Waals surface area contributed by atoms with Crippen molar-refractivity contribution >= 4 is 23.1 Å². The van der Waals surface area contributed by atoms with E-state index < -0.39 is 0 Å². The molecule has 3 aromatic rings. The lowest BCUT2D eigenvalue weighted by molar-refractivity contribution is 0.291. The number of thiazole rings is 1. The van der Waals surface area contributed by atoms with Crippen molar-refractivity contribution < 1.29 is 9.13 Å². The highest BCUT2D eigenvalue weighted by atomic mass is 32.2. The molecule has 6 nitrogen and oxygen atoms in total. The van der Waals surface area contributed by atoms with Gasteiger partial charge in [0.1, 0.15) is 18.2 Å². The molecule has 0 amide bonds. The lowest BCUT2D eigenvalue weighted by atomic mass is 10.3. The van der Waals surface area contributed by atoms with Crippen molar-refractivity contribution in [1.29, 1.82) is 0 Å². The molecule has 3 rings (SSSR count). The highest BCUT2D eigenvalue weighted by Gasteiger charge is 2.12. The number of halogens is 1.